The van der Waals surface area contributed by atoms with Crippen LogP contribution in [0.2, 0.25) is 0 Å². The number of hydrogen-bond acceptors (Lipinski definition) is 4. The number of anilines is 2. The van der Waals surface area contributed by atoms with Crippen molar-refractivity contribution in [3.05, 3.63) is 54.7 Å². The summed E-state index contributed by atoms with van der Waals surface area (Å²) in [6.07, 6.45) is 1.82. The van der Waals surface area contributed by atoms with Gasteiger partial charge in [0.25, 0.3) is 0 Å². The summed E-state index contributed by atoms with van der Waals surface area (Å²) in [6, 6.07) is 15.6. The Labute approximate surface area is 143 Å². The van der Waals surface area contributed by atoms with Crippen molar-refractivity contribution in [3.63, 3.8) is 0 Å². The van der Waals surface area contributed by atoms with Gasteiger partial charge in [0.15, 0.2) is 0 Å². The number of likely N-dealkylation sites (N-methyl/N-ethyl adjacent to an activating group) is 1. The molecule has 0 aliphatic carbocycles. The van der Waals surface area contributed by atoms with Gasteiger partial charge in [-0.15, -0.1) is 0 Å². The minimum absolute atomic E-state index is 0.124. The molecule has 126 valence electrons. The largest absolute Gasteiger partial charge is 0.354 e. The Kier molecular flexibility index (Phi) is 5.11. The van der Waals surface area contributed by atoms with Gasteiger partial charge >= 0.3 is 0 Å². The molecule has 1 fully saturated rings. The Hall–Kier alpha value is -2.40. The molecule has 2 heterocycles. The molecular weight excluding hydrogens is 300 g/mol. The van der Waals surface area contributed by atoms with Crippen molar-refractivity contribution >= 4 is 17.4 Å². The zero-order valence-electron chi connectivity index (χ0n) is 14.3. The maximum atomic E-state index is 12.8. The number of pyridine rings is 1. The first-order chi connectivity index (χ1) is 11.7. The third-order valence-corrected chi connectivity index (χ3v) is 4.67. The highest BCUT2D eigenvalue weighted by molar-refractivity contribution is 5.96. The van der Waals surface area contributed by atoms with Gasteiger partial charge in [0.05, 0.1) is 6.04 Å². The minimum atomic E-state index is -0.124. The number of hydrogen-bond donors (Lipinski definition) is 0. The molecule has 1 atom stereocenters. The molecule has 0 radical (unpaired) electrons. The molecule has 1 aromatic heterocycles. The number of piperazine rings is 1. The van der Waals surface area contributed by atoms with Crippen LogP contribution < -0.4 is 9.80 Å². The van der Waals surface area contributed by atoms with E-state index in [-0.39, 0.29) is 11.9 Å². The number of carbonyl (C=O) groups is 1. The summed E-state index contributed by atoms with van der Waals surface area (Å²) in [4.78, 5) is 23.4. The quantitative estimate of drug-likeness (QED) is 0.865. The van der Waals surface area contributed by atoms with Crippen LogP contribution >= 0.6 is 0 Å². The van der Waals surface area contributed by atoms with Gasteiger partial charge in [-0.1, -0.05) is 24.3 Å². The second kappa shape index (κ2) is 7.45. The average molecular weight is 324 g/mol. The van der Waals surface area contributed by atoms with E-state index >= 15 is 0 Å². The molecule has 1 aliphatic heterocycles. The van der Waals surface area contributed by atoms with Gasteiger partial charge in [-0.05, 0) is 31.2 Å². The summed E-state index contributed by atoms with van der Waals surface area (Å²) in [6.45, 7) is 5.52. The number of carbonyl (C=O) groups excluding carboxylic acids is 1. The first-order valence-corrected chi connectivity index (χ1v) is 8.39. The lowest BCUT2D eigenvalue weighted by atomic mass is 10.2. The molecule has 0 bridgehead atoms. The van der Waals surface area contributed by atoms with E-state index in [9.17, 15) is 4.79 Å². The van der Waals surface area contributed by atoms with Crippen molar-refractivity contribution in [2.75, 3.05) is 43.0 Å². The van der Waals surface area contributed by atoms with Crippen LogP contribution in [0.25, 0.3) is 0 Å². The standard InChI is InChI=1S/C19H24N4O/c1-16(19(24)21(2)17-8-4-3-5-9-17)22-12-14-23(15-13-22)18-10-6-7-11-20-18/h3-11,16H,12-15H2,1-2H3/t16-/m1/s1. The fourth-order valence-corrected chi connectivity index (χ4v) is 3.09. The lowest BCUT2D eigenvalue weighted by Gasteiger charge is -2.38. The molecule has 24 heavy (non-hydrogen) atoms. The van der Waals surface area contributed by atoms with Gasteiger partial charge in [-0.2, -0.15) is 0 Å². The normalized spacial score (nSPS) is 16.7. The summed E-state index contributed by atoms with van der Waals surface area (Å²) >= 11 is 0. The first-order valence-electron chi connectivity index (χ1n) is 8.39. The number of amides is 1. The highest BCUT2D eigenvalue weighted by Gasteiger charge is 2.28. The van der Waals surface area contributed by atoms with Crippen LogP contribution in [-0.4, -0.2) is 55.1 Å². The van der Waals surface area contributed by atoms with Crippen LogP contribution in [0, 0.1) is 0 Å². The number of benzene rings is 1. The third kappa shape index (κ3) is 3.57. The van der Waals surface area contributed by atoms with Crippen molar-refractivity contribution in [2.24, 2.45) is 0 Å². The number of rotatable bonds is 4. The van der Waals surface area contributed by atoms with E-state index in [1.165, 1.54) is 0 Å². The Bertz CT molecular complexity index is 654. The van der Waals surface area contributed by atoms with E-state index in [0.717, 1.165) is 37.7 Å². The zero-order chi connectivity index (χ0) is 16.9. The summed E-state index contributed by atoms with van der Waals surface area (Å²) in [7, 11) is 1.85. The number of aromatic nitrogens is 1. The van der Waals surface area contributed by atoms with Crippen molar-refractivity contribution in [1.29, 1.82) is 0 Å². The van der Waals surface area contributed by atoms with E-state index in [4.69, 9.17) is 0 Å². The van der Waals surface area contributed by atoms with Crippen molar-refractivity contribution in [2.45, 2.75) is 13.0 Å². The molecule has 0 unspecified atom stereocenters. The molecule has 0 spiro atoms. The van der Waals surface area contributed by atoms with Crippen LogP contribution in [0.4, 0.5) is 11.5 Å². The highest BCUT2D eigenvalue weighted by atomic mass is 16.2. The lowest BCUT2D eigenvalue weighted by molar-refractivity contribution is -0.123. The van der Waals surface area contributed by atoms with Crippen LogP contribution in [0.1, 0.15) is 6.92 Å². The van der Waals surface area contributed by atoms with E-state index in [1.807, 2.05) is 68.7 Å². The van der Waals surface area contributed by atoms with Gasteiger partial charge in [-0.25, -0.2) is 4.98 Å². The Morgan fingerprint density at radius 2 is 1.71 bits per heavy atom. The first kappa shape index (κ1) is 16.5. The smallest absolute Gasteiger partial charge is 0.243 e. The SMILES string of the molecule is C[C@H](C(=O)N(C)c1ccccc1)N1CCN(c2ccccn2)CC1. The van der Waals surface area contributed by atoms with Gasteiger partial charge in [0.1, 0.15) is 5.82 Å². The van der Waals surface area contributed by atoms with Crippen molar-refractivity contribution in [1.82, 2.24) is 9.88 Å². The molecule has 5 heteroatoms. The van der Waals surface area contributed by atoms with Crippen LogP contribution in [0.15, 0.2) is 54.7 Å². The molecule has 5 nitrogen and oxygen atoms in total. The summed E-state index contributed by atoms with van der Waals surface area (Å²) in [5.74, 6) is 1.14. The molecule has 1 aromatic carbocycles. The van der Waals surface area contributed by atoms with Gasteiger partial charge in [-0.3, -0.25) is 9.69 Å². The molecule has 2 aromatic rings. The lowest BCUT2D eigenvalue weighted by Crippen LogP contribution is -2.54. The van der Waals surface area contributed by atoms with Crippen LogP contribution in [-0.2, 0) is 4.79 Å². The summed E-state index contributed by atoms with van der Waals surface area (Å²) < 4.78 is 0. The monoisotopic (exact) mass is 324 g/mol. The Balaban J connectivity index is 1.58. The van der Waals surface area contributed by atoms with Gasteiger partial charge in [0, 0.05) is 45.1 Å². The van der Waals surface area contributed by atoms with Gasteiger partial charge in [0.2, 0.25) is 5.91 Å². The number of para-hydroxylation sites is 1. The zero-order valence-corrected chi connectivity index (χ0v) is 14.3. The molecule has 0 N–H and O–H groups in total. The van der Waals surface area contributed by atoms with Crippen LogP contribution in [0.5, 0.6) is 0 Å². The second-order valence-electron chi connectivity index (χ2n) is 6.12. The molecule has 3 rings (SSSR count). The van der Waals surface area contributed by atoms with Crippen molar-refractivity contribution in [3.8, 4) is 0 Å². The molecular formula is C19H24N4O. The highest BCUT2D eigenvalue weighted by Crippen LogP contribution is 2.17. The maximum absolute atomic E-state index is 12.8. The second-order valence-corrected chi connectivity index (χ2v) is 6.12. The predicted molar refractivity (Wildman–Crippen MR) is 97.3 cm³/mol. The summed E-state index contributed by atoms with van der Waals surface area (Å²) in [5, 5.41) is 0. The van der Waals surface area contributed by atoms with E-state index in [1.54, 1.807) is 4.90 Å². The van der Waals surface area contributed by atoms with E-state index in [0.29, 0.717) is 0 Å². The van der Waals surface area contributed by atoms with Gasteiger partial charge < -0.3 is 9.80 Å². The van der Waals surface area contributed by atoms with E-state index < -0.39 is 0 Å². The Morgan fingerprint density at radius 3 is 2.33 bits per heavy atom. The predicted octanol–water partition coefficient (Wildman–Crippen LogP) is 2.26. The fourth-order valence-electron chi connectivity index (χ4n) is 3.09. The minimum Gasteiger partial charge on any atom is -0.354 e. The molecule has 1 aliphatic rings. The van der Waals surface area contributed by atoms with Crippen LogP contribution in [0.3, 0.4) is 0 Å². The Morgan fingerprint density at radius 1 is 1.04 bits per heavy atom. The topological polar surface area (TPSA) is 39.7 Å². The fraction of sp³-hybridized carbons (Fsp3) is 0.368. The number of nitrogens with zero attached hydrogens (tertiary/aromatic N) is 4. The average Bonchev–Trinajstić information content (AvgIpc) is 2.68. The molecule has 1 amide bonds. The van der Waals surface area contributed by atoms with E-state index in [2.05, 4.69) is 14.8 Å². The maximum Gasteiger partial charge on any atom is 0.243 e. The molecule has 0 saturated carbocycles. The third-order valence-electron chi connectivity index (χ3n) is 4.67. The molecule has 1 saturated heterocycles. The van der Waals surface area contributed by atoms with Crippen molar-refractivity contribution < 1.29 is 4.79 Å². The summed E-state index contributed by atoms with van der Waals surface area (Å²) in [5.41, 5.74) is 0.932.